The lowest BCUT2D eigenvalue weighted by Gasteiger charge is -2.04. The molecule has 3 rings (SSSR count). The second-order valence-corrected chi connectivity index (χ2v) is 5.68. The number of nitrogens with zero attached hydrogens (tertiary/aromatic N) is 2. The van der Waals surface area contributed by atoms with Crippen LogP contribution >= 0.6 is 0 Å². The minimum atomic E-state index is -0.162. The number of carbonyl (C=O) groups excluding carboxylic acids is 1. The van der Waals surface area contributed by atoms with Crippen molar-refractivity contribution in [2.75, 3.05) is 7.11 Å². The summed E-state index contributed by atoms with van der Waals surface area (Å²) >= 11 is 0. The molecule has 2 aromatic carbocycles. The smallest absolute Gasteiger partial charge is 0.236 e. The van der Waals surface area contributed by atoms with Gasteiger partial charge in [-0.05, 0) is 36.8 Å². The molecule has 25 heavy (non-hydrogen) atoms. The lowest BCUT2D eigenvalue weighted by molar-refractivity contribution is -0.120. The molecular formula is C19H19N3O3. The molecule has 0 aliphatic heterocycles. The third kappa shape index (κ3) is 4.44. The number of amides is 1. The highest BCUT2D eigenvalue weighted by Gasteiger charge is 2.12. The molecule has 0 aliphatic carbocycles. The maximum Gasteiger partial charge on any atom is 0.236 e. The van der Waals surface area contributed by atoms with Crippen LogP contribution in [-0.2, 0) is 17.8 Å². The zero-order chi connectivity index (χ0) is 17.6. The zero-order valence-electron chi connectivity index (χ0n) is 14.2. The summed E-state index contributed by atoms with van der Waals surface area (Å²) in [7, 11) is 1.61. The predicted molar refractivity (Wildman–Crippen MR) is 93.0 cm³/mol. The molecule has 0 radical (unpaired) electrons. The average molecular weight is 337 g/mol. The van der Waals surface area contributed by atoms with Gasteiger partial charge in [-0.25, -0.2) is 0 Å². The number of methoxy groups -OCH3 is 1. The van der Waals surface area contributed by atoms with Gasteiger partial charge < -0.3 is 14.6 Å². The van der Waals surface area contributed by atoms with Gasteiger partial charge in [0.25, 0.3) is 0 Å². The zero-order valence-corrected chi connectivity index (χ0v) is 14.2. The second-order valence-electron chi connectivity index (χ2n) is 5.68. The molecule has 1 aromatic heterocycles. The molecule has 0 fully saturated rings. The summed E-state index contributed by atoms with van der Waals surface area (Å²) in [6.45, 7) is 2.50. The monoisotopic (exact) mass is 337 g/mol. The first kappa shape index (κ1) is 16.7. The molecule has 3 aromatic rings. The van der Waals surface area contributed by atoms with Crippen LogP contribution in [0.1, 0.15) is 17.0 Å². The Morgan fingerprint density at radius 1 is 1.12 bits per heavy atom. The van der Waals surface area contributed by atoms with Crippen LogP contribution in [0.2, 0.25) is 0 Å². The molecule has 1 N–H and O–H groups in total. The fourth-order valence-electron chi connectivity index (χ4n) is 2.29. The van der Waals surface area contributed by atoms with Crippen molar-refractivity contribution < 1.29 is 14.1 Å². The van der Waals surface area contributed by atoms with E-state index in [1.807, 2.05) is 55.5 Å². The van der Waals surface area contributed by atoms with Gasteiger partial charge in [0.15, 0.2) is 0 Å². The van der Waals surface area contributed by atoms with E-state index in [1.165, 1.54) is 5.56 Å². The Hall–Kier alpha value is -3.15. The minimum absolute atomic E-state index is 0.0506. The fourth-order valence-corrected chi connectivity index (χ4v) is 2.29. The van der Waals surface area contributed by atoms with Gasteiger partial charge in [-0.3, -0.25) is 4.79 Å². The number of rotatable bonds is 6. The first-order valence-corrected chi connectivity index (χ1v) is 7.93. The number of hydrogen-bond acceptors (Lipinski definition) is 5. The van der Waals surface area contributed by atoms with Crippen LogP contribution in [0.5, 0.6) is 5.75 Å². The van der Waals surface area contributed by atoms with Crippen LogP contribution < -0.4 is 10.1 Å². The van der Waals surface area contributed by atoms with E-state index in [4.69, 9.17) is 9.26 Å². The standard InChI is InChI=1S/C19H19N3O3/c1-13-3-5-14(6-4-13)12-20-17(23)11-18-21-19(22-25-18)15-7-9-16(24-2)10-8-15/h3-10H,11-12H2,1-2H3,(H,20,23). The van der Waals surface area contributed by atoms with E-state index >= 15 is 0 Å². The number of aryl methyl sites for hydroxylation is 1. The third-order valence-corrected chi connectivity index (χ3v) is 3.74. The van der Waals surface area contributed by atoms with E-state index < -0.39 is 0 Å². The Bertz CT molecular complexity index is 839. The van der Waals surface area contributed by atoms with Gasteiger partial charge in [-0.2, -0.15) is 4.98 Å². The minimum Gasteiger partial charge on any atom is -0.497 e. The average Bonchev–Trinajstić information content (AvgIpc) is 3.10. The maximum atomic E-state index is 12.0. The van der Waals surface area contributed by atoms with E-state index in [0.29, 0.717) is 12.4 Å². The molecule has 6 nitrogen and oxygen atoms in total. The largest absolute Gasteiger partial charge is 0.497 e. The van der Waals surface area contributed by atoms with Gasteiger partial charge in [0, 0.05) is 12.1 Å². The molecule has 1 amide bonds. The molecule has 0 saturated heterocycles. The lowest BCUT2D eigenvalue weighted by atomic mass is 10.1. The van der Waals surface area contributed by atoms with Crippen molar-refractivity contribution in [3.63, 3.8) is 0 Å². The van der Waals surface area contributed by atoms with Crippen LogP contribution in [0.3, 0.4) is 0 Å². The Balaban J connectivity index is 1.56. The van der Waals surface area contributed by atoms with Crippen LogP contribution in [-0.4, -0.2) is 23.2 Å². The lowest BCUT2D eigenvalue weighted by Crippen LogP contribution is -2.24. The van der Waals surface area contributed by atoms with E-state index in [2.05, 4.69) is 15.5 Å². The van der Waals surface area contributed by atoms with Gasteiger partial charge in [0.2, 0.25) is 17.6 Å². The quantitative estimate of drug-likeness (QED) is 0.748. The van der Waals surface area contributed by atoms with Crippen molar-refractivity contribution >= 4 is 5.91 Å². The highest BCUT2D eigenvalue weighted by molar-refractivity contribution is 5.77. The highest BCUT2D eigenvalue weighted by Crippen LogP contribution is 2.19. The van der Waals surface area contributed by atoms with Crippen LogP contribution in [0, 0.1) is 6.92 Å². The number of hydrogen-bond donors (Lipinski definition) is 1. The number of benzene rings is 2. The molecular weight excluding hydrogens is 318 g/mol. The number of carbonyl (C=O) groups is 1. The summed E-state index contributed by atoms with van der Waals surface area (Å²) in [5.74, 6) is 1.32. The van der Waals surface area contributed by atoms with E-state index in [-0.39, 0.29) is 18.2 Å². The van der Waals surface area contributed by atoms with E-state index in [9.17, 15) is 4.79 Å². The summed E-state index contributed by atoms with van der Waals surface area (Å²) in [6.07, 6.45) is 0.0506. The summed E-state index contributed by atoms with van der Waals surface area (Å²) in [5.41, 5.74) is 3.03. The van der Waals surface area contributed by atoms with Crippen molar-refractivity contribution in [1.29, 1.82) is 0 Å². The molecule has 0 unspecified atom stereocenters. The molecule has 0 saturated carbocycles. The van der Waals surface area contributed by atoms with Crippen molar-refractivity contribution in [2.45, 2.75) is 19.9 Å². The normalized spacial score (nSPS) is 10.5. The third-order valence-electron chi connectivity index (χ3n) is 3.74. The Morgan fingerprint density at radius 2 is 1.84 bits per heavy atom. The number of ether oxygens (including phenoxy) is 1. The van der Waals surface area contributed by atoms with Crippen molar-refractivity contribution in [1.82, 2.24) is 15.5 Å². The summed E-state index contributed by atoms with van der Waals surface area (Å²) in [5, 5.41) is 6.76. The van der Waals surface area contributed by atoms with Gasteiger partial charge >= 0.3 is 0 Å². The molecule has 6 heteroatoms. The fraction of sp³-hybridized carbons (Fsp3) is 0.211. The van der Waals surface area contributed by atoms with Gasteiger partial charge in [0.1, 0.15) is 12.2 Å². The maximum absolute atomic E-state index is 12.0. The second kappa shape index (κ2) is 7.61. The van der Waals surface area contributed by atoms with Gasteiger partial charge in [-0.15, -0.1) is 0 Å². The van der Waals surface area contributed by atoms with Gasteiger partial charge in [0.05, 0.1) is 7.11 Å². The van der Waals surface area contributed by atoms with E-state index in [1.54, 1.807) is 7.11 Å². The molecule has 0 spiro atoms. The molecule has 0 bridgehead atoms. The molecule has 1 heterocycles. The van der Waals surface area contributed by atoms with Crippen LogP contribution in [0.25, 0.3) is 11.4 Å². The SMILES string of the molecule is COc1ccc(-c2noc(CC(=O)NCc3ccc(C)cc3)n2)cc1. The molecule has 0 atom stereocenters. The summed E-state index contributed by atoms with van der Waals surface area (Å²) in [4.78, 5) is 16.3. The summed E-state index contributed by atoms with van der Waals surface area (Å²) < 4.78 is 10.3. The highest BCUT2D eigenvalue weighted by atomic mass is 16.5. The topological polar surface area (TPSA) is 77.2 Å². The molecule has 128 valence electrons. The number of aromatic nitrogens is 2. The first-order valence-electron chi connectivity index (χ1n) is 7.93. The van der Waals surface area contributed by atoms with Crippen molar-refractivity contribution in [3.8, 4) is 17.1 Å². The van der Waals surface area contributed by atoms with Crippen molar-refractivity contribution in [2.24, 2.45) is 0 Å². The van der Waals surface area contributed by atoms with E-state index in [0.717, 1.165) is 16.9 Å². The van der Waals surface area contributed by atoms with Gasteiger partial charge in [-0.1, -0.05) is 35.0 Å². The Morgan fingerprint density at radius 3 is 2.52 bits per heavy atom. The van der Waals surface area contributed by atoms with Crippen LogP contribution in [0.15, 0.2) is 53.1 Å². The molecule has 0 aliphatic rings. The number of nitrogens with one attached hydrogen (secondary N) is 1. The summed E-state index contributed by atoms with van der Waals surface area (Å²) in [6, 6.07) is 15.3. The Kier molecular flexibility index (Phi) is 5.09. The predicted octanol–water partition coefficient (Wildman–Crippen LogP) is 2.91. The van der Waals surface area contributed by atoms with Crippen LogP contribution in [0.4, 0.5) is 0 Å². The van der Waals surface area contributed by atoms with Crippen molar-refractivity contribution in [3.05, 3.63) is 65.5 Å². The first-order chi connectivity index (χ1) is 12.1. The Labute approximate surface area is 145 Å².